The zero-order chi connectivity index (χ0) is 10.7. The SMILES string of the molecule is N#Cc1ccc(Nn2cccc2)c(F)c1. The van der Waals surface area contributed by atoms with Gasteiger partial charge in [-0.05, 0) is 30.3 Å². The number of nitriles is 1. The van der Waals surface area contributed by atoms with Crippen LogP contribution in [0, 0.1) is 17.1 Å². The number of benzene rings is 1. The number of nitrogens with one attached hydrogen (secondary N) is 1. The van der Waals surface area contributed by atoms with Crippen molar-refractivity contribution in [1.82, 2.24) is 4.68 Å². The summed E-state index contributed by atoms with van der Waals surface area (Å²) < 4.78 is 15.0. The molecule has 15 heavy (non-hydrogen) atoms. The molecule has 0 aliphatic carbocycles. The van der Waals surface area contributed by atoms with E-state index in [2.05, 4.69) is 5.43 Å². The minimum atomic E-state index is -0.442. The van der Waals surface area contributed by atoms with Crippen molar-refractivity contribution in [3.8, 4) is 6.07 Å². The van der Waals surface area contributed by atoms with Crippen molar-refractivity contribution in [2.75, 3.05) is 5.43 Å². The van der Waals surface area contributed by atoms with Crippen LogP contribution in [0.4, 0.5) is 10.1 Å². The minimum Gasteiger partial charge on any atom is -0.292 e. The number of hydrogen-bond acceptors (Lipinski definition) is 2. The topological polar surface area (TPSA) is 40.8 Å². The van der Waals surface area contributed by atoms with Crippen molar-refractivity contribution in [1.29, 1.82) is 5.26 Å². The summed E-state index contributed by atoms with van der Waals surface area (Å²) >= 11 is 0. The molecule has 1 aromatic carbocycles. The first-order valence-corrected chi connectivity index (χ1v) is 4.39. The Morgan fingerprint density at radius 3 is 2.60 bits per heavy atom. The van der Waals surface area contributed by atoms with Crippen molar-refractivity contribution in [3.05, 3.63) is 54.1 Å². The molecule has 0 atom stereocenters. The smallest absolute Gasteiger partial charge is 0.149 e. The molecule has 0 aliphatic heterocycles. The Bertz CT molecular complexity index is 497. The maximum absolute atomic E-state index is 13.4. The molecule has 4 heteroatoms. The van der Waals surface area contributed by atoms with Gasteiger partial charge in [-0.2, -0.15) is 5.26 Å². The molecule has 74 valence electrons. The van der Waals surface area contributed by atoms with Gasteiger partial charge in [-0.1, -0.05) is 0 Å². The van der Waals surface area contributed by atoms with Gasteiger partial charge in [-0.25, -0.2) is 4.39 Å². The third-order valence-corrected chi connectivity index (χ3v) is 1.95. The lowest BCUT2D eigenvalue weighted by atomic mass is 10.2. The van der Waals surface area contributed by atoms with E-state index in [-0.39, 0.29) is 0 Å². The number of halogens is 1. The van der Waals surface area contributed by atoms with E-state index in [1.165, 1.54) is 12.1 Å². The summed E-state index contributed by atoms with van der Waals surface area (Å²) in [6, 6.07) is 9.84. The van der Waals surface area contributed by atoms with E-state index in [1.54, 1.807) is 23.1 Å². The highest BCUT2D eigenvalue weighted by atomic mass is 19.1. The van der Waals surface area contributed by atoms with E-state index in [0.29, 0.717) is 11.3 Å². The van der Waals surface area contributed by atoms with Crippen LogP contribution < -0.4 is 5.43 Å². The van der Waals surface area contributed by atoms with Crippen LogP contribution in [0.25, 0.3) is 0 Å². The molecule has 2 aromatic rings. The highest BCUT2D eigenvalue weighted by Crippen LogP contribution is 2.15. The van der Waals surface area contributed by atoms with Crippen LogP contribution in [0.5, 0.6) is 0 Å². The zero-order valence-electron chi connectivity index (χ0n) is 7.81. The summed E-state index contributed by atoms with van der Waals surface area (Å²) in [6.45, 7) is 0. The Labute approximate surface area is 86.4 Å². The lowest BCUT2D eigenvalue weighted by molar-refractivity contribution is 0.627. The van der Waals surface area contributed by atoms with E-state index in [4.69, 9.17) is 5.26 Å². The van der Waals surface area contributed by atoms with Gasteiger partial charge in [0, 0.05) is 12.4 Å². The fourth-order valence-corrected chi connectivity index (χ4v) is 1.22. The van der Waals surface area contributed by atoms with Gasteiger partial charge in [0.1, 0.15) is 5.82 Å². The molecule has 1 heterocycles. The standard InChI is InChI=1S/C11H8FN3/c12-10-7-9(8-13)3-4-11(10)14-15-5-1-2-6-15/h1-7,14H. The molecular formula is C11H8FN3. The Morgan fingerprint density at radius 1 is 1.27 bits per heavy atom. The number of aromatic nitrogens is 1. The Hall–Kier alpha value is -2.28. The number of nitrogens with zero attached hydrogens (tertiary/aromatic N) is 2. The average Bonchev–Trinajstić information content (AvgIpc) is 2.74. The van der Waals surface area contributed by atoms with Crippen LogP contribution in [-0.2, 0) is 0 Å². The Morgan fingerprint density at radius 2 is 2.00 bits per heavy atom. The molecular weight excluding hydrogens is 193 g/mol. The van der Waals surface area contributed by atoms with Gasteiger partial charge in [0.25, 0.3) is 0 Å². The van der Waals surface area contributed by atoms with Crippen molar-refractivity contribution < 1.29 is 4.39 Å². The number of anilines is 1. The summed E-state index contributed by atoms with van der Waals surface area (Å²) in [7, 11) is 0. The molecule has 3 nitrogen and oxygen atoms in total. The van der Waals surface area contributed by atoms with Gasteiger partial charge in [0.15, 0.2) is 0 Å². The van der Waals surface area contributed by atoms with Crippen LogP contribution in [0.3, 0.4) is 0 Å². The van der Waals surface area contributed by atoms with E-state index in [9.17, 15) is 4.39 Å². The zero-order valence-corrected chi connectivity index (χ0v) is 7.81. The maximum atomic E-state index is 13.4. The predicted octanol–water partition coefficient (Wildman–Crippen LogP) is 2.37. The molecule has 0 spiro atoms. The molecule has 0 bridgehead atoms. The molecule has 0 saturated heterocycles. The van der Waals surface area contributed by atoms with Gasteiger partial charge >= 0.3 is 0 Å². The molecule has 0 radical (unpaired) electrons. The molecule has 2 rings (SSSR count). The molecule has 1 N–H and O–H groups in total. The summed E-state index contributed by atoms with van der Waals surface area (Å²) in [5.74, 6) is -0.442. The second kappa shape index (κ2) is 3.84. The highest BCUT2D eigenvalue weighted by Gasteiger charge is 2.02. The van der Waals surface area contributed by atoms with E-state index < -0.39 is 5.82 Å². The Kier molecular flexibility index (Phi) is 2.38. The van der Waals surface area contributed by atoms with Crippen molar-refractivity contribution in [2.45, 2.75) is 0 Å². The third-order valence-electron chi connectivity index (χ3n) is 1.95. The molecule has 0 fully saturated rings. The van der Waals surface area contributed by atoms with E-state index in [0.717, 1.165) is 0 Å². The van der Waals surface area contributed by atoms with Gasteiger partial charge in [0.05, 0.1) is 17.3 Å². The minimum absolute atomic E-state index is 0.311. The van der Waals surface area contributed by atoms with Gasteiger partial charge in [0.2, 0.25) is 0 Å². The van der Waals surface area contributed by atoms with Crippen molar-refractivity contribution in [3.63, 3.8) is 0 Å². The van der Waals surface area contributed by atoms with Crippen LogP contribution >= 0.6 is 0 Å². The molecule has 0 unspecified atom stereocenters. The molecule has 0 aliphatic rings. The number of hydrogen-bond donors (Lipinski definition) is 1. The van der Waals surface area contributed by atoms with Gasteiger partial charge in [-0.3, -0.25) is 10.1 Å². The van der Waals surface area contributed by atoms with Gasteiger partial charge < -0.3 is 0 Å². The Balaban J connectivity index is 2.27. The van der Waals surface area contributed by atoms with Crippen molar-refractivity contribution >= 4 is 5.69 Å². The molecule has 0 saturated carbocycles. The average molecular weight is 201 g/mol. The van der Waals surface area contributed by atoms with Crippen LogP contribution in [-0.4, -0.2) is 4.68 Å². The molecule has 0 amide bonds. The summed E-state index contributed by atoms with van der Waals surface area (Å²) in [4.78, 5) is 0. The lowest BCUT2D eigenvalue weighted by Crippen LogP contribution is -2.07. The first-order valence-electron chi connectivity index (χ1n) is 4.39. The first-order chi connectivity index (χ1) is 7.29. The summed E-state index contributed by atoms with van der Waals surface area (Å²) in [5, 5.41) is 8.57. The molecule has 1 aromatic heterocycles. The van der Waals surface area contributed by atoms with E-state index >= 15 is 0 Å². The van der Waals surface area contributed by atoms with Crippen LogP contribution in [0.1, 0.15) is 5.56 Å². The summed E-state index contributed by atoms with van der Waals surface area (Å²) in [6.07, 6.45) is 3.52. The fourth-order valence-electron chi connectivity index (χ4n) is 1.22. The van der Waals surface area contributed by atoms with Crippen LogP contribution in [0.2, 0.25) is 0 Å². The van der Waals surface area contributed by atoms with Crippen LogP contribution in [0.15, 0.2) is 42.7 Å². The van der Waals surface area contributed by atoms with Gasteiger partial charge in [-0.15, -0.1) is 0 Å². The lowest BCUT2D eigenvalue weighted by Gasteiger charge is -2.08. The van der Waals surface area contributed by atoms with Crippen molar-refractivity contribution in [2.24, 2.45) is 0 Å². The largest absolute Gasteiger partial charge is 0.292 e. The predicted molar refractivity (Wildman–Crippen MR) is 54.6 cm³/mol. The third kappa shape index (κ3) is 1.97. The highest BCUT2D eigenvalue weighted by molar-refractivity contribution is 5.48. The monoisotopic (exact) mass is 201 g/mol. The maximum Gasteiger partial charge on any atom is 0.149 e. The fraction of sp³-hybridized carbons (Fsp3) is 0. The normalized spacial score (nSPS) is 9.60. The summed E-state index contributed by atoms with van der Waals surface area (Å²) in [5.41, 5.74) is 3.48. The second-order valence-electron chi connectivity index (χ2n) is 3.01. The second-order valence-corrected chi connectivity index (χ2v) is 3.01. The first kappa shape index (κ1) is 9.28. The number of rotatable bonds is 2. The quantitative estimate of drug-likeness (QED) is 0.810. The van der Waals surface area contributed by atoms with E-state index in [1.807, 2.05) is 18.2 Å².